The van der Waals surface area contributed by atoms with E-state index in [0.717, 1.165) is 12.3 Å². The molecule has 0 amide bonds. The number of carboxylic acids is 1. The molecule has 108 valence electrons. The number of aromatic nitrogens is 1. The van der Waals surface area contributed by atoms with Gasteiger partial charge >= 0.3 is 5.97 Å². The van der Waals surface area contributed by atoms with Crippen LogP contribution in [0.3, 0.4) is 0 Å². The number of hydrogen-bond donors (Lipinski definition) is 1. The second kappa shape index (κ2) is 6.19. The van der Waals surface area contributed by atoms with Gasteiger partial charge in [0.1, 0.15) is 5.76 Å². The zero-order chi connectivity index (χ0) is 14.6. The zero-order valence-electron chi connectivity index (χ0n) is 12.4. The van der Waals surface area contributed by atoms with Crippen molar-refractivity contribution in [1.29, 1.82) is 0 Å². The molecule has 5 heteroatoms. The highest BCUT2D eigenvalue weighted by molar-refractivity contribution is 5.67. The summed E-state index contributed by atoms with van der Waals surface area (Å²) in [5, 5.41) is 8.84. The van der Waals surface area contributed by atoms with E-state index in [9.17, 15) is 4.79 Å². The number of rotatable bonds is 6. The third-order valence-corrected chi connectivity index (χ3v) is 3.13. The molecule has 1 aromatic rings. The maximum atomic E-state index is 10.8. The second-order valence-corrected chi connectivity index (χ2v) is 5.88. The number of hydrogen-bond acceptors (Lipinski definition) is 4. The molecular formula is C14H24N2O3. The van der Waals surface area contributed by atoms with E-state index in [-0.39, 0.29) is 17.9 Å². The Morgan fingerprint density at radius 3 is 2.58 bits per heavy atom. The maximum absolute atomic E-state index is 10.8. The average Bonchev–Trinajstić information content (AvgIpc) is 2.72. The summed E-state index contributed by atoms with van der Waals surface area (Å²) in [6.07, 6.45) is 1.88. The molecule has 5 nitrogen and oxygen atoms in total. The van der Waals surface area contributed by atoms with Crippen LogP contribution >= 0.6 is 0 Å². The van der Waals surface area contributed by atoms with Crippen molar-refractivity contribution in [3.63, 3.8) is 0 Å². The van der Waals surface area contributed by atoms with Crippen LogP contribution in [0, 0.1) is 0 Å². The smallest absolute Gasteiger partial charge is 0.304 e. The minimum atomic E-state index is -0.784. The van der Waals surface area contributed by atoms with E-state index in [0.29, 0.717) is 12.4 Å². The van der Waals surface area contributed by atoms with Crippen LogP contribution in [-0.4, -0.2) is 33.5 Å². The van der Waals surface area contributed by atoms with E-state index in [1.165, 1.54) is 0 Å². The molecule has 1 heterocycles. The molecule has 0 aliphatic rings. The number of nitrogens with zero attached hydrogens (tertiary/aromatic N) is 2. The standard InChI is InChI=1S/C14H24N2O3/c1-6-16(10(2)7-13(17)18)9-12-15-8-11(19-12)14(3,4)5/h8,10H,6-7,9H2,1-5H3,(H,17,18). The van der Waals surface area contributed by atoms with Gasteiger partial charge in [0, 0.05) is 11.5 Å². The molecule has 0 bridgehead atoms. The summed E-state index contributed by atoms with van der Waals surface area (Å²) < 4.78 is 5.74. The summed E-state index contributed by atoms with van der Waals surface area (Å²) in [7, 11) is 0. The highest BCUT2D eigenvalue weighted by Crippen LogP contribution is 2.23. The highest BCUT2D eigenvalue weighted by atomic mass is 16.4. The Bertz CT molecular complexity index is 421. The van der Waals surface area contributed by atoms with Gasteiger partial charge in [-0.1, -0.05) is 27.7 Å². The predicted molar refractivity (Wildman–Crippen MR) is 73.0 cm³/mol. The summed E-state index contributed by atoms with van der Waals surface area (Å²) in [5.41, 5.74) is -0.0605. The van der Waals surface area contributed by atoms with Crippen molar-refractivity contribution >= 4 is 5.97 Å². The average molecular weight is 268 g/mol. The first-order valence-corrected chi connectivity index (χ1v) is 6.65. The van der Waals surface area contributed by atoms with Crippen molar-refractivity contribution in [3.05, 3.63) is 17.8 Å². The number of carboxylic acid groups (broad SMARTS) is 1. The van der Waals surface area contributed by atoms with Crippen molar-refractivity contribution in [2.45, 2.75) is 59.0 Å². The molecule has 1 aromatic heterocycles. The van der Waals surface area contributed by atoms with Crippen molar-refractivity contribution in [2.75, 3.05) is 6.54 Å². The van der Waals surface area contributed by atoms with Crippen molar-refractivity contribution < 1.29 is 14.3 Å². The van der Waals surface area contributed by atoms with Crippen LogP contribution in [0.1, 0.15) is 52.7 Å². The van der Waals surface area contributed by atoms with Gasteiger partial charge in [0.05, 0.1) is 19.2 Å². The maximum Gasteiger partial charge on any atom is 0.304 e. The number of carbonyl (C=O) groups is 1. The van der Waals surface area contributed by atoms with Gasteiger partial charge in [-0.2, -0.15) is 0 Å². The lowest BCUT2D eigenvalue weighted by molar-refractivity contribution is -0.138. The van der Waals surface area contributed by atoms with Gasteiger partial charge in [-0.15, -0.1) is 0 Å². The first-order chi connectivity index (χ1) is 8.74. The van der Waals surface area contributed by atoms with Crippen LogP contribution < -0.4 is 0 Å². The van der Waals surface area contributed by atoms with Crippen molar-refractivity contribution in [2.24, 2.45) is 0 Å². The van der Waals surface area contributed by atoms with Gasteiger partial charge in [0.2, 0.25) is 5.89 Å². The predicted octanol–water partition coefficient (Wildman–Crippen LogP) is 2.66. The fourth-order valence-corrected chi connectivity index (χ4v) is 1.86. The minimum Gasteiger partial charge on any atom is -0.481 e. The molecule has 19 heavy (non-hydrogen) atoms. The Morgan fingerprint density at radius 2 is 2.16 bits per heavy atom. The van der Waals surface area contributed by atoms with Gasteiger partial charge in [-0.25, -0.2) is 4.98 Å². The van der Waals surface area contributed by atoms with E-state index in [1.54, 1.807) is 6.20 Å². The van der Waals surface area contributed by atoms with Crippen molar-refractivity contribution in [3.8, 4) is 0 Å². The molecule has 0 saturated carbocycles. The lowest BCUT2D eigenvalue weighted by atomic mass is 9.94. The normalized spacial score (nSPS) is 13.8. The molecular weight excluding hydrogens is 244 g/mol. The number of oxazole rings is 1. The third kappa shape index (κ3) is 4.67. The van der Waals surface area contributed by atoms with Crippen LogP contribution in [0.2, 0.25) is 0 Å². The van der Waals surface area contributed by atoms with E-state index in [1.807, 2.05) is 18.7 Å². The molecule has 1 rings (SSSR count). The molecule has 0 spiro atoms. The second-order valence-electron chi connectivity index (χ2n) is 5.88. The van der Waals surface area contributed by atoms with E-state index in [2.05, 4.69) is 25.8 Å². The minimum absolute atomic E-state index is 0.0347. The molecule has 1 atom stereocenters. The summed E-state index contributed by atoms with van der Waals surface area (Å²) in [6.45, 7) is 11.4. The summed E-state index contributed by atoms with van der Waals surface area (Å²) in [5.74, 6) is 0.710. The monoisotopic (exact) mass is 268 g/mol. The lowest BCUT2D eigenvalue weighted by Crippen LogP contribution is -2.34. The molecule has 0 aliphatic heterocycles. The Hall–Kier alpha value is -1.36. The third-order valence-electron chi connectivity index (χ3n) is 3.13. The Labute approximate surface area is 114 Å². The summed E-state index contributed by atoms with van der Waals surface area (Å²) in [4.78, 5) is 17.1. The Morgan fingerprint density at radius 1 is 1.53 bits per heavy atom. The fraction of sp³-hybridized carbons (Fsp3) is 0.714. The zero-order valence-corrected chi connectivity index (χ0v) is 12.4. The summed E-state index contributed by atoms with van der Waals surface area (Å²) >= 11 is 0. The van der Waals surface area contributed by atoms with Crippen LogP contribution in [0.15, 0.2) is 10.6 Å². The topological polar surface area (TPSA) is 66.6 Å². The van der Waals surface area contributed by atoms with Crippen LogP contribution in [0.25, 0.3) is 0 Å². The molecule has 0 fully saturated rings. The lowest BCUT2D eigenvalue weighted by Gasteiger charge is -2.25. The summed E-state index contributed by atoms with van der Waals surface area (Å²) in [6, 6.07) is -0.0347. The van der Waals surface area contributed by atoms with Crippen molar-refractivity contribution in [1.82, 2.24) is 9.88 Å². The van der Waals surface area contributed by atoms with Crippen LogP contribution in [-0.2, 0) is 16.8 Å². The quantitative estimate of drug-likeness (QED) is 0.859. The largest absolute Gasteiger partial charge is 0.481 e. The molecule has 0 aliphatic carbocycles. The van der Waals surface area contributed by atoms with Gasteiger partial charge < -0.3 is 9.52 Å². The highest BCUT2D eigenvalue weighted by Gasteiger charge is 2.21. The Balaban J connectivity index is 2.71. The van der Waals surface area contributed by atoms with E-state index < -0.39 is 5.97 Å². The SMILES string of the molecule is CCN(Cc1ncc(C(C)(C)C)o1)C(C)CC(=O)O. The molecule has 1 unspecified atom stereocenters. The molecule has 0 aromatic carbocycles. The Kier molecular flexibility index (Phi) is 5.11. The van der Waals surface area contributed by atoms with E-state index >= 15 is 0 Å². The molecule has 0 radical (unpaired) electrons. The van der Waals surface area contributed by atoms with Crippen LogP contribution in [0.4, 0.5) is 0 Å². The van der Waals surface area contributed by atoms with Gasteiger partial charge in [-0.3, -0.25) is 9.69 Å². The first-order valence-electron chi connectivity index (χ1n) is 6.65. The van der Waals surface area contributed by atoms with Gasteiger partial charge in [0.15, 0.2) is 0 Å². The fourth-order valence-electron chi connectivity index (χ4n) is 1.86. The van der Waals surface area contributed by atoms with E-state index in [4.69, 9.17) is 9.52 Å². The molecule has 1 N–H and O–H groups in total. The van der Waals surface area contributed by atoms with Gasteiger partial charge in [-0.05, 0) is 13.5 Å². The van der Waals surface area contributed by atoms with Gasteiger partial charge in [0.25, 0.3) is 0 Å². The molecule has 0 saturated heterocycles. The first kappa shape index (κ1) is 15.7. The number of aliphatic carboxylic acids is 1. The van der Waals surface area contributed by atoms with Crippen LogP contribution in [0.5, 0.6) is 0 Å².